The average molecular weight is 1130 g/mol. The third kappa shape index (κ3) is 12.6. The SMILES string of the molecule is CS(=O)(=O)c1nc(Oc2ccc(F)c(F)c2)c(-c2ccc(Cl)cc2)c(-c2ccc(Cl)cc2Cl)n1.Fc1ccc(Oc2nc(Oc3ccc(F)c(F)c3)c(-c3ccc(Cl)cc3)c(-c3ccc(Cl)cc3Cl)n2)cc1F. The summed E-state index contributed by atoms with van der Waals surface area (Å²) in [6.07, 6.45) is 0.929. The van der Waals surface area contributed by atoms with Crippen LogP contribution in [0.15, 0.2) is 145 Å². The highest BCUT2D eigenvalue weighted by Crippen LogP contribution is 2.45. The lowest BCUT2D eigenvalue weighted by Crippen LogP contribution is -2.08. The molecular weight excluding hydrogens is 1110 g/mol. The van der Waals surface area contributed by atoms with Gasteiger partial charge in [0.15, 0.2) is 34.9 Å². The van der Waals surface area contributed by atoms with E-state index in [9.17, 15) is 34.8 Å². The second-order valence-corrected chi connectivity index (χ2v) is 19.6. The maximum absolute atomic E-state index is 14.0. The van der Waals surface area contributed by atoms with Crippen molar-refractivity contribution in [1.29, 1.82) is 0 Å². The van der Waals surface area contributed by atoms with E-state index in [0.717, 1.165) is 42.7 Å². The van der Waals surface area contributed by atoms with Crippen LogP contribution in [0.25, 0.3) is 44.8 Å². The largest absolute Gasteiger partial charge is 0.438 e. The van der Waals surface area contributed by atoms with E-state index in [1.807, 2.05) is 0 Å². The van der Waals surface area contributed by atoms with Crippen LogP contribution >= 0.6 is 69.6 Å². The molecule has 0 N–H and O–H groups in total. The molecule has 0 unspecified atom stereocenters. The molecule has 2 aromatic heterocycles. The summed E-state index contributed by atoms with van der Waals surface area (Å²) in [5.74, 6) is -7.33. The van der Waals surface area contributed by atoms with Crippen LogP contribution in [0.5, 0.6) is 35.0 Å². The number of ether oxygens (including phenoxy) is 3. The van der Waals surface area contributed by atoms with Crippen LogP contribution in [0.1, 0.15) is 0 Å². The fourth-order valence-corrected chi connectivity index (χ4v) is 8.41. The molecule has 0 radical (unpaired) electrons. The van der Waals surface area contributed by atoms with Gasteiger partial charge in [-0.3, -0.25) is 0 Å². The fourth-order valence-electron chi connectivity index (χ4n) is 6.66. The fraction of sp³-hybridized carbons (Fsp3) is 0.0196. The summed E-state index contributed by atoms with van der Waals surface area (Å²) in [7, 11) is -3.92. The van der Waals surface area contributed by atoms with Gasteiger partial charge in [0.05, 0.1) is 32.6 Å². The predicted octanol–water partition coefficient (Wildman–Crippen LogP) is 17.2. The lowest BCUT2D eigenvalue weighted by atomic mass is 10.00. The molecule has 0 saturated heterocycles. The summed E-state index contributed by atoms with van der Waals surface area (Å²) < 4.78 is 124. The molecule has 73 heavy (non-hydrogen) atoms. The Morgan fingerprint density at radius 3 is 1.15 bits per heavy atom. The van der Waals surface area contributed by atoms with Gasteiger partial charge >= 0.3 is 6.01 Å². The van der Waals surface area contributed by atoms with Gasteiger partial charge in [0.1, 0.15) is 17.2 Å². The van der Waals surface area contributed by atoms with E-state index in [0.29, 0.717) is 47.9 Å². The second kappa shape index (κ2) is 22.2. The summed E-state index contributed by atoms with van der Waals surface area (Å²) in [6.45, 7) is 0. The summed E-state index contributed by atoms with van der Waals surface area (Å²) in [5.41, 5.74) is 2.62. The molecule has 9 rings (SSSR count). The summed E-state index contributed by atoms with van der Waals surface area (Å²) in [6, 6.07) is 30.7. The van der Waals surface area contributed by atoms with Gasteiger partial charge in [0, 0.05) is 55.7 Å². The Hall–Kier alpha value is -6.63. The normalized spacial score (nSPS) is 11.2. The van der Waals surface area contributed by atoms with Gasteiger partial charge in [-0.1, -0.05) is 93.9 Å². The van der Waals surface area contributed by atoms with Crippen molar-refractivity contribution in [2.45, 2.75) is 5.16 Å². The van der Waals surface area contributed by atoms with Crippen molar-refractivity contribution >= 4 is 79.4 Å². The highest BCUT2D eigenvalue weighted by Gasteiger charge is 2.27. The maximum Gasteiger partial charge on any atom is 0.325 e. The van der Waals surface area contributed by atoms with Crippen molar-refractivity contribution in [2.75, 3.05) is 6.26 Å². The van der Waals surface area contributed by atoms with Gasteiger partial charge in [-0.15, -0.1) is 0 Å². The van der Waals surface area contributed by atoms with Crippen molar-refractivity contribution in [3.63, 3.8) is 0 Å². The van der Waals surface area contributed by atoms with Crippen LogP contribution in [0.2, 0.25) is 30.1 Å². The van der Waals surface area contributed by atoms with E-state index in [-0.39, 0.29) is 62.0 Å². The molecule has 0 amide bonds. The Labute approximate surface area is 441 Å². The van der Waals surface area contributed by atoms with Gasteiger partial charge in [-0.25, -0.2) is 39.7 Å². The Balaban J connectivity index is 0.000000197. The molecule has 0 bridgehead atoms. The number of halogens is 12. The molecule has 0 aliphatic heterocycles. The zero-order valence-corrected chi connectivity index (χ0v) is 41.9. The third-order valence-corrected chi connectivity index (χ3v) is 12.4. The minimum atomic E-state index is -3.92. The number of hydrogen-bond acceptors (Lipinski definition) is 9. The van der Waals surface area contributed by atoms with E-state index in [2.05, 4.69) is 19.9 Å². The second-order valence-electron chi connectivity index (χ2n) is 15.1. The maximum atomic E-state index is 14.0. The summed E-state index contributed by atoms with van der Waals surface area (Å²) in [4.78, 5) is 17.1. The zero-order chi connectivity index (χ0) is 52.3. The van der Waals surface area contributed by atoms with Crippen molar-refractivity contribution < 1.29 is 49.0 Å². The first-order valence-corrected chi connectivity index (χ1v) is 24.7. The molecule has 370 valence electrons. The molecule has 9 aromatic rings. The third-order valence-electron chi connectivity index (χ3n) is 9.99. The molecular formula is C51H26Cl6F6N4O5S. The van der Waals surface area contributed by atoms with Crippen LogP contribution in [0.3, 0.4) is 0 Å². The van der Waals surface area contributed by atoms with E-state index < -0.39 is 49.9 Å². The van der Waals surface area contributed by atoms with Gasteiger partial charge in [-0.05, 0) is 108 Å². The van der Waals surface area contributed by atoms with Crippen molar-refractivity contribution in [3.05, 3.63) is 205 Å². The van der Waals surface area contributed by atoms with Crippen LogP contribution in [0, 0.1) is 34.9 Å². The Morgan fingerprint density at radius 1 is 0.397 bits per heavy atom. The molecule has 9 nitrogen and oxygen atoms in total. The topological polar surface area (TPSA) is 113 Å². The predicted molar refractivity (Wildman–Crippen MR) is 268 cm³/mol. The minimum Gasteiger partial charge on any atom is -0.438 e. The number of aromatic nitrogens is 4. The van der Waals surface area contributed by atoms with Crippen LogP contribution in [-0.2, 0) is 9.84 Å². The van der Waals surface area contributed by atoms with E-state index in [4.69, 9.17) is 83.8 Å². The van der Waals surface area contributed by atoms with Crippen LogP contribution in [-0.4, -0.2) is 34.6 Å². The highest BCUT2D eigenvalue weighted by molar-refractivity contribution is 7.90. The Kier molecular flexibility index (Phi) is 16.0. The number of rotatable bonds is 11. The molecule has 0 aliphatic rings. The Bertz CT molecular complexity index is 3700. The molecule has 0 atom stereocenters. The van der Waals surface area contributed by atoms with Crippen molar-refractivity contribution in [3.8, 4) is 79.8 Å². The molecule has 7 aromatic carbocycles. The number of sulfone groups is 1. The summed E-state index contributed by atoms with van der Waals surface area (Å²) >= 11 is 37.2. The molecule has 0 spiro atoms. The van der Waals surface area contributed by atoms with Crippen LogP contribution < -0.4 is 14.2 Å². The first kappa shape index (κ1) is 52.7. The summed E-state index contributed by atoms with van der Waals surface area (Å²) in [5, 5.41) is 1.48. The molecule has 0 aliphatic carbocycles. The van der Waals surface area contributed by atoms with E-state index in [1.165, 1.54) is 30.3 Å². The quantitative estimate of drug-likeness (QED) is 0.0923. The van der Waals surface area contributed by atoms with E-state index in [1.54, 1.807) is 72.8 Å². The van der Waals surface area contributed by atoms with Crippen molar-refractivity contribution in [2.24, 2.45) is 0 Å². The van der Waals surface area contributed by atoms with Gasteiger partial charge in [-0.2, -0.15) is 15.0 Å². The van der Waals surface area contributed by atoms with Crippen molar-refractivity contribution in [1.82, 2.24) is 19.9 Å². The lowest BCUT2D eigenvalue weighted by molar-refractivity contribution is 0.406. The number of nitrogens with zero attached hydrogens (tertiary/aromatic N) is 4. The number of benzene rings is 7. The van der Waals surface area contributed by atoms with E-state index >= 15 is 0 Å². The first-order valence-electron chi connectivity index (χ1n) is 20.6. The first-order chi connectivity index (χ1) is 34.7. The molecule has 0 saturated carbocycles. The molecule has 2 heterocycles. The van der Waals surface area contributed by atoms with Gasteiger partial charge < -0.3 is 14.2 Å². The zero-order valence-electron chi connectivity index (χ0n) is 36.6. The lowest BCUT2D eigenvalue weighted by Gasteiger charge is -2.17. The van der Waals surface area contributed by atoms with Gasteiger partial charge in [0.2, 0.25) is 21.6 Å². The average Bonchev–Trinajstić information content (AvgIpc) is 3.33. The monoisotopic (exact) mass is 1130 g/mol. The van der Waals surface area contributed by atoms with Crippen LogP contribution in [0.4, 0.5) is 26.3 Å². The minimum absolute atomic E-state index is 0.0882. The highest BCUT2D eigenvalue weighted by atomic mass is 35.5. The molecule has 0 fully saturated rings. The molecule has 22 heteroatoms. The van der Waals surface area contributed by atoms with Gasteiger partial charge in [0.25, 0.3) is 5.16 Å². The Morgan fingerprint density at radius 2 is 0.767 bits per heavy atom. The standard InChI is InChI=1S/C28H13Cl3F4N2O2.C23H13Cl3F2N2O3S/c29-15-3-1-14(2-4-15)25-26(19-8-5-16(30)11-20(19)31)36-28(39-18-7-10-22(33)24(35)13-18)37-27(25)38-17-6-9-21(32)23(34)12-17;1-34(31,32)23-29-21(16-8-6-14(25)10-17(16)26)20(12-2-4-13(24)5-3-12)22(30-23)33-15-7-9-18(27)19(28)11-15/h1-13H;2-11H,1H3. The smallest absolute Gasteiger partial charge is 0.325 e. The number of hydrogen-bond donors (Lipinski definition) is 0.